The fourth-order valence-electron chi connectivity index (χ4n) is 4.33. The normalized spacial score (nSPS) is 17.2. The summed E-state index contributed by atoms with van der Waals surface area (Å²) in [5, 5.41) is 7.97. The zero-order chi connectivity index (χ0) is 23.8. The molecule has 0 aromatic carbocycles. The first kappa shape index (κ1) is 24.2. The molecule has 0 aliphatic carbocycles. The van der Waals surface area contributed by atoms with Crippen LogP contribution in [0.5, 0.6) is 0 Å². The van der Waals surface area contributed by atoms with E-state index in [0.717, 1.165) is 47.7 Å². The van der Waals surface area contributed by atoms with Crippen LogP contribution in [0.15, 0.2) is 6.07 Å². The lowest BCUT2D eigenvalue weighted by molar-refractivity contribution is -0.138. The van der Waals surface area contributed by atoms with E-state index >= 15 is 0 Å². The molecule has 7 nitrogen and oxygen atoms in total. The Labute approximate surface area is 192 Å². The van der Waals surface area contributed by atoms with E-state index in [0.29, 0.717) is 19.4 Å². The Morgan fingerprint density at radius 2 is 1.88 bits per heavy atom. The van der Waals surface area contributed by atoms with Crippen molar-refractivity contribution in [2.75, 3.05) is 13.1 Å². The zero-order valence-corrected chi connectivity index (χ0v) is 21.0. The number of amides is 2. The maximum absolute atomic E-state index is 12.6. The van der Waals surface area contributed by atoms with Crippen molar-refractivity contribution in [3.05, 3.63) is 28.7 Å². The predicted octanol–water partition coefficient (Wildman–Crippen LogP) is 3.95. The average molecular weight is 442 g/mol. The third-order valence-corrected chi connectivity index (χ3v) is 6.68. The first-order valence-corrected chi connectivity index (χ1v) is 11.8. The number of fused-ring (bicyclic) bond motifs is 1. The summed E-state index contributed by atoms with van der Waals surface area (Å²) in [7, 11) is 0. The fourth-order valence-corrected chi connectivity index (χ4v) is 4.33. The molecular formula is C25H39N5O2. The first-order valence-electron chi connectivity index (χ1n) is 11.8. The van der Waals surface area contributed by atoms with E-state index in [9.17, 15) is 9.59 Å². The molecule has 7 heteroatoms. The Balaban J connectivity index is 1.76. The number of nitrogens with one attached hydrogen (secondary N) is 1. The van der Waals surface area contributed by atoms with Gasteiger partial charge in [-0.2, -0.15) is 5.10 Å². The average Bonchev–Trinajstić information content (AvgIpc) is 3.33. The quantitative estimate of drug-likeness (QED) is 0.736. The monoisotopic (exact) mass is 441 g/mol. The summed E-state index contributed by atoms with van der Waals surface area (Å²) >= 11 is 0. The molecule has 176 valence electrons. The highest BCUT2D eigenvalue weighted by molar-refractivity contribution is 5.81. The number of hydrogen-bond acceptors (Lipinski definition) is 4. The molecule has 0 bridgehead atoms. The summed E-state index contributed by atoms with van der Waals surface area (Å²) in [5.74, 6) is 0.486. The standard InChI is InChI=1S/C25H39N5O2/c1-9-25(7,8)27-22(31)11-10-19-16(2)26-21-14-20(28-30(21)17(19)3)18-12-13-29(15-18)23(32)24(4,5)6/h14,18H,9-13,15H2,1-8H3,(H,27,31)/t18-/m0/s1. The van der Waals surface area contributed by atoms with E-state index < -0.39 is 0 Å². The van der Waals surface area contributed by atoms with Crippen LogP contribution in [-0.2, 0) is 16.0 Å². The van der Waals surface area contributed by atoms with Gasteiger partial charge in [-0.1, -0.05) is 27.7 Å². The van der Waals surface area contributed by atoms with E-state index in [1.807, 2.05) is 57.9 Å². The van der Waals surface area contributed by atoms with Crippen molar-refractivity contribution < 1.29 is 9.59 Å². The summed E-state index contributed by atoms with van der Waals surface area (Å²) in [6.45, 7) is 17.6. The van der Waals surface area contributed by atoms with Crippen LogP contribution in [0.3, 0.4) is 0 Å². The Morgan fingerprint density at radius 3 is 2.50 bits per heavy atom. The third-order valence-electron chi connectivity index (χ3n) is 6.68. The summed E-state index contributed by atoms with van der Waals surface area (Å²) in [6, 6.07) is 2.05. The third kappa shape index (κ3) is 5.13. The van der Waals surface area contributed by atoms with Gasteiger partial charge in [0, 0.05) is 53.8 Å². The Kier molecular flexibility index (Phi) is 6.68. The molecule has 1 fully saturated rings. The summed E-state index contributed by atoms with van der Waals surface area (Å²) in [6.07, 6.45) is 2.88. The molecule has 1 saturated heterocycles. The molecule has 32 heavy (non-hydrogen) atoms. The van der Waals surface area contributed by atoms with Gasteiger partial charge in [0.25, 0.3) is 0 Å². The van der Waals surface area contributed by atoms with Crippen LogP contribution < -0.4 is 5.32 Å². The molecule has 2 aromatic rings. The van der Waals surface area contributed by atoms with Gasteiger partial charge in [-0.3, -0.25) is 9.59 Å². The maximum Gasteiger partial charge on any atom is 0.227 e. The second-order valence-electron chi connectivity index (χ2n) is 10.9. The van der Waals surface area contributed by atoms with E-state index in [4.69, 9.17) is 10.1 Å². The Bertz CT molecular complexity index is 1020. The van der Waals surface area contributed by atoms with Gasteiger partial charge in [-0.05, 0) is 52.5 Å². The zero-order valence-electron chi connectivity index (χ0n) is 21.0. The van der Waals surface area contributed by atoms with Crippen LogP contribution in [0.1, 0.15) is 89.4 Å². The second-order valence-corrected chi connectivity index (χ2v) is 10.9. The number of nitrogens with zero attached hydrogens (tertiary/aromatic N) is 4. The van der Waals surface area contributed by atoms with Gasteiger partial charge in [0.2, 0.25) is 11.8 Å². The van der Waals surface area contributed by atoms with Crippen LogP contribution in [0.4, 0.5) is 0 Å². The van der Waals surface area contributed by atoms with Crippen LogP contribution in [-0.4, -0.2) is 49.9 Å². The van der Waals surface area contributed by atoms with Crippen LogP contribution >= 0.6 is 0 Å². The summed E-state index contributed by atoms with van der Waals surface area (Å²) in [5.41, 5.74) is 4.31. The van der Waals surface area contributed by atoms with E-state index in [-0.39, 0.29) is 28.7 Å². The van der Waals surface area contributed by atoms with Gasteiger partial charge in [-0.25, -0.2) is 9.50 Å². The van der Waals surface area contributed by atoms with Crippen molar-refractivity contribution in [3.8, 4) is 0 Å². The molecular weight excluding hydrogens is 402 g/mol. The molecule has 0 unspecified atom stereocenters. The number of hydrogen-bond donors (Lipinski definition) is 1. The molecule has 0 saturated carbocycles. The first-order chi connectivity index (χ1) is 14.8. The van der Waals surface area contributed by atoms with E-state index in [1.54, 1.807) is 0 Å². The topological polar surface area (TPSA) is 79.6 Å². The minimum atomic E-state index is -0.364. The van der Waals surface area contributed by atoms with Crippen molar-refractivity contribution in [1.82, 2.24) is 24.8 Å². The van der Waals surface area contributed by atoms with Gasteiger partial charge in [-0.15, -0.1) is 0 Å². The minimum absolute atomic E-state index is 0.0615. The van der Waals surface area contributed by atoms with E-state index in [2.05, 4.69) is 18.3 Å². The van der Waals surface area contributed by atoms with Gasteiger partial charge in [0.15, 0.2) is 5.65 Å². The smallest absolute Gasteiger partial charge is 0.227 e. The van der Waals surface area contributed by atoms with Crippen molar-refractivity contribution in [1.29, 1.82) is 0 Å². The largest absolute Gasteiger partial charge is 0.351 e. The highest BCUT2D eigenvalue weighted by Crippen LogP contribution is 2.30. The number of carbonyl (C=O) groups excluding carboxylic acids is 2. The molecule has 1 aliphatic heterocycles. The lowest BCUT2D eigenvalue weighted by Gasteiger charge is -2.25. The van der Waals surface area contributed by atoms with Gasteiger partial charge in [0.05, 0.1) is 5.69 Å². The summed E-state index contributed by atoms with van der Waals surface area (Å²) in [4.78, 5) is 31.8. The van der Waals surface area contributed by atoms with Gasteiger partial charge < -0.3 is 10.2 Å². The molecule has 0 spiro atoms. The highest BCUT2D eigenvalue weighted by Gasteiger charge is 2.34. The summed E-state index contributed by atoms with van der Waals surface area (Å²) < 4.78 is 1.90. The fraction of sp³-hybridized carbons (Fsp3) is 0.680. The molecule has 1 aliphatic rings. The predicted molar refractivity (Wildman–Crippen MR) is 127 cm³/mol. The highest BCUT2D eigenvalue weighted by atomic mass is 16.2. The molecule has 1 N–H and O–H groups in total. The van der Waals surface area contributed by atoms with Crippen molar-refractivity contribution in [2.24, 2.45) is 5.41 Å². The molecule has 0 radical (unpaired) electrons. The number of aryl methyl sites for hydroxylation is 2. The number of carbonyl (C=O) groups is 2. The number of likely N-dealkylation sites (tertiary alicyclic amines) is 1. The number of aromatic nitrogens is 3. The lowest BCUT2D eigenvalue weighted by atomic mass is 9.95. The molecule has 1 atom stereocenters. The number of rotatable bonds is 6. The van der Waals surface area contributed by atoms with Crippen molar-refractivity contribution in [3.63, 3.8) is 0 Å². The Hall–Kier alpha value is -2.44. The van der Waals surface area contributed by atoms with Crippen LogP contribution in [0, 0.1) is 19.3 Å². The molecule has 3 rings (SSSR count). The van der Waals surface area contributed by atoms with Gasteiger partial charge in [0.1, 0.15) is 0 Å². The lowest BCUT2D eigenvalue weighted by Crippen LogP contribution is -2.42. The Morgan fingerprint density at radius 1 is 1.19 bits per heavy atom. The molecule has 2 amide bonds. The SMILES string of the molecule is CCC(C)(C)NC(=O)CCc1c(C)nc2cc([C@H]3CCN(C(=O)C(C)(C)C)C3)nn2c1C. The maximum atomic E-state index is 12.6. The molecule has 3 heterocycles. The van der Waals surface area contributed by atoms with Crippen molar-refractivity contribution in [2.45, 2.75) is 92.5 Å². The van der Waals surface area contributed by atoms with Crippen molar-refractivity contribution >= 4 is 17.5 Å². The minimum Gasteiger partial charge on any atom is -0.351 e. The van der Waals surface area contributed by atoms with Gasteiger partial charge >= 0.3 is 0 Å². The van der Waals surface area contributed by atoms with Crippen LogP contribution in [0.2, 0.25) is 0 Å². The second kappa shape index (κ2) is 8.83. The molecule has 2 aromatic heterocycles. The van der Waals surface area contributed by atoms with E-state index in [1.165, 1.54) is 0 Å². The van der Waals surface area contributed by atoms with Crippen LogP contribution in [0.25, 0.3) is 5.65 Å².